The van der Waals surface area contributed by atoms with E-state index in [2.05, 4.69) is 79.0 Å². The number of fused-ring (bicyclic) bond motifs is 1. The van der Waals surface area contributed by atoms with Gasteiger partial charge in [-0.15, -0.1) is 0 Å². The molecule has 0 saturated carbocycles. The highest BCUT2D eigenvalue weighted by Gasteiger charge is 1.97. The van der Waals surface area contributed by atoms with Crippen LogP contribution in [0.15, 0.2) is 66.7 Å². The van der Waals surface area contributed by atoms with Gasteiger partial charge >= 0.3 is 0 Å². The van der Waals surface area contributed by atoms with E-state index >= 15 is 0 Å². The molecule has 106 valence electrons. The van der Waals surface area contributed by atoms with E-state index in [1.165, 1.54) is 34.0 Å². The number of hydrogen-bond acceptors (Lipinski definition) is 1. The van der Waals surface area contributed by atoms with Crippen LogP contribution in [0.25, 0.3) is 10.8 Å². The van der Waals surface area contributed by atoms with Crippen molar-refractivity contribution in [3.8, 4) is 0 Å². The number of hydrogen-bond donors (Lipinski definition) is 1. The number of anilines is 1. The molecular formula is C20H21N. The Kier molecular flexibility index (Phi) is 4.20. The van der Waals surface area contributed by atoms with Crippen molar-refractivity contribution in [2.75, 3.05) is 5.32 Å². The van der Waals surface area contributed by atoms with E-state index < -0.39 is 0 Å². The van der Waals surface area contributed by atoms with Gasteiger partial charge in [-0.25, -0.2) is 0 Å². The Hall–Kier alpha value is -2.28. The third kappa shape index (κ3) is 3.43. The summed E-state index contributed by atoms with van der Waals surface area (Å²) in [5.41, 5.74) is 3.91. The SMILES string of the molecule is CCCc1ccc(NCc2ccc3ccccc3c2)cc1. The largest absolute Gasteiger partial charge is 0.381 e. The fourth-order valence-corrected chi connectivity index (χ4v) is 2.63. The maximum absolute atomic E-state index is 3.49. The molecule has 21 heavy (non-hydrogen) atoms. The van der Waals surface area contributed by atoms with E-state index in [4.69, 9.17) is 0 Å². The fourth-order valence-electron chi connectivity index (χ4n) is 2.63. The zero-order chi connectivity index (χ0) is 14.5. The van der Waals surface area contributed by atoms with Crippen molar-refractivity contribution in [2.24, 2.45) is 0 Å². The summed E-state index contributed by atoms with van der Waals surface area (Å²) in [4.78, 5) is 0. The van der Waals surface area contributed by atoms with E-state index in [1.54, 1.807) is 0 Å². The van der Waals surface area contributed by atoms with Gasteiger partial charge in [0.15, 0.2) is 0 Å². The van der Waals surface area contributed by atoms with Crippen LogP contribution in [0, 0.1) is 0 Å². The Morgan fingerprint density at radius 3 is 2.24 bits per heavy atom. The Morgan fingerprint density at radius 2 is 1.48 bits per heavy atom. The average Bonchev–Trinajstić information content (AvgIpc) is 2.54. The van der Waals surface area contributed by atoms with Gasteiger partial charge in [-0.2, -0.15) is 0 Å². The molecule has 0 aliphatic rings. The molecule has 0 unspecified atom stereocenters. The molecule has 3 aromatic rings. The van der Waals surface area contributed by atoms with Gasteiger partial charge in [0.05, 0.1) is 0 Å². The van der Waals surface area contributed by atoms with E-state index in [1.807, 2.05) is 0 Å². The third-order valence-corrected chi connectivity index (χ3v) is 3.80. The highest BCUT2D eigenvalue weighted by molar-refractivity contribution is 5.83. The maximum Gasteiger partial charge on any atom is 0.0401 e. The summed E-state index contributed by atoms with van der Waals surface area (Å²) in [6, 6.07) is 23.9. The van der Waals surface area contributed by atoms with Crippen LogP contribution >= 0.6 is 0 Å². The summed E-state index contributed by atoms with van der Waals surface area (Å²) in [6.45, 7) is 3.07. The van der Waals surface area contributed by atoms with Crippen LogP contribution in [0.4, 0.5) is 5.69 Å². The molecule has 0 atom stereocenters. The quantitative estimate of drug-likeness (QED) is 0.657. The highest BCUT2D eigenvalue weighted by Crippen LogP contribution is 2.17. The van der Waals surface area contributed by atoms with Crippen molar-refractivity contribution in [1.29, 1.82) is 0 Å². The van der Waals surface area contributed by atoms with Gasteiger partial charge in [-0.1, -0.05) is 61.9 Å². The molecule has 1 heteroatoms. The van der Waals surface area contributed by atoms with Crippen molar-refractivity contribution < 1.29 is 0 Å². The van der Waals surface area contributed by atoms with Crippen molar-refractivity contribution >= 4 is 16.5 Å². The molecule has 1 nitrogen and oxygen atoms in total. The lowest BCUT2D eigenvalue weighted by Gasteiger charge is -2.08. The van der Waals surface area contributed by atoms with Gasteiger partial charge in [0, 0.05) is 12.2 Å². The topological polar surface area (TPSA) is 12.0 Å². The van der Waals surface area contributed by atoms with Crippen LogP contribution in [-0.2, 0) is 13.0 Å². The molecule has 0 bridgehead atoms. The summed E-state index contributed by atoms with van der Waals surface area (Å²) in [5.74, 6) is 0. The molecule has 0 aliphatic heterocycles. The van der Waals surface area contributed by atoms with E-state index in [0.717, 1.165) is 13.0 Å². The van der Waals surface area contributed by atoms with Crippen molar-refractivity contribution in [2.45, 2.75) is 26.3 Å². The Bertz CT molecular complexity index is 713. The number of rotatable bonds is 5. The normalized spacial score (nSPS) is 10.7. The minimum absolute atomic E-state index is 0.859. The predicted molar refractivity (Wildman–Crippen MR) is 91.7 cm³/mol. The fraction of sp³-hybridized carbons (Fsp3) is 0.200. The molecule has 0 radical (unpaired) electrons. The van der Waals surface area contributed by atoms with Crippen molar-refractivity contribution in [1.82, 2.24) is 0 Å². The molecule has 0 aliphatic carbocycles. The monoisotopic (exact) mass is 275 g/mol. The van der Waals surface area contributed by atoms with Gasteiger partial charge < -0.3 is 5.32 Å². The lowest BCUT2D eigenvalue weighted by atomic mass is 10.1. The van der Waals surface area contributed by atoms with Gasteiger partial charge in [-0.3, -0.25) is 0 Å². The maximum atomic E-state index is 3.49. The molecule has 0 amide bonds. The second kappa shape index (κ2) is 6.45. The first kappa shape index (κ1) is 13.7. The molecule has 0 fully saturated rings. The molecule has 0 heterocycles. The molecule has 1 N–H and O–H groups in total. The molecule has 0 saturated heterocycles. The van der Waals surface area contributed by atoms with Crippen LogP contribution in [0.1, 0.15) is 24.5 Å². The molecule has 3 aromatic carbocycles. The first-order chi connectivity index (χ1) is 10.3. The van der Waals surface area contributed by atoms with Crippen molar-refractivity contribution in [3.63, 3.8) is 0 Å². The Balaban J connectivity index is 1.68. The number of benzene rings is 3. The summed E-state index contributed by atoms with van der Waals surface area (Å²) >= 11 is 0. The predicted octanol–water partition coefficient (Wildman–Crippen LogP) is 5.40. The zero-order valence-electron chi connectivity index (χ0n) is 12.5. The lowest BCUT2D eigenvalue weighted by Crippen LogP contribution is -1.99. The summed E-state index contributed by atoms with van der Waals surface area (Å²) < 4.78 is 0. The standard InChI is InChI=1S/C20H21N/c1-2-5-16-9-12-20(13-10-16)21-15-17-8-11-18-6-3-4-7-19(18)14-17/h3-4,6-14,21H,2,5,15H2,1H3. The van der Waals surface area contributed by atoms with E-state index in [0.29, 0.717) is 0 Å². The molecule has 3 rings (SSSR count). The molecule has 0 aromatic heterocycles. The zero-order valence-corrected chi connectivity index (χ0v) is 12.5. The molecule has 0 spiro atoms. The number of aryl methyl sites for hydroxylation is 1. The second-order valence-corrected chi connectivity index (χ2v) is 5.48. The Labute approximate surface area is 126 Å². The van der Waals surface area contributed by atoms with Gasteiger partial charge in [0.1, 0.15) is 0 Å². The first-order valence-electron chi connectivity index (χ1n) is 7.65. The smallest absolute Gasteiger partial charge is 0.0401 e. The lowest BCUT2D eigenvalue weighted by molar-refractivity contribution is 0.922. The van der Waals surface area contributed by atoms with E-state index in [9.17, 15) is 0 Å². The van der Waals surface area contributed by atoms with E-state index in [-0.39, 0.29) is 0 Å². The van der Waals surface area contributed by atoms with Crippen LogP contribution in [0.5, 0.6) is 0 Å². The minimum Gasteiger partial charge on any atom is -0.381 e. The first-order valence-corrected chi connectivity index (χ1v) is 7.65. The minimum atomic E-state index is 0.859. The van der Waals surface area contributed by atoms with Crippen molar-refractivity contribution in [3.05, 3.63) is 77.9 Å². The van der Waals surface area contributed by atoms with Crippen LogP contribution < -0.4 is 5.32 Å². The van der Waals surface area contributed by atoms with Crippen LogP contribution in [0.2, 0.25) is 0 Å². The summed E-state index contributed by atoms with van der Waals surface area (Å²) in [6.07, 6.45) is 2.36. The van der Waals surface area contributed by atoms with Crippen LogP contribution in [-0.4, -0.2) is 0 Å². The average molecular weight is 275 g/mol. The molecular weight excluding hydrogens is 254 g/mol. The van der Waals surface area contributed by atoms with Gasteiger partial charge in [0.2, 0.25) is 0 Å². The summed E-state index contributed by atoms with van der Waals surface area (Å²) in [7, 11) is 0. The second-order valence-electron chi connectivity index (χ2n) is 5.48. The third-order valence-electron chi connectivity index (χ3n) is 3.80. The summed E-state index contributed by atoms with van der Waals surface area (Å²) in [5, 5.41) is 6.09. The van der Waals surface area contributed by atoms with Gasteiger partial charge in [0.25, 0.3) is 0 Å². The Morgan fingerprint density at radius 1 is 0.762 bits per heavy atom. The highest BCUT2D eigenvalue weighted by atomic mass is 14.9. The number of nitrogens with one attached hydrogen (secondary N) is 1. The van der Waals surface area contributed by atoms with Gasteiger partial charge in [-0.05, 0) is 46.5 Å². The van der Waals surface area contributed by atoms with Crippen LogP contribution in [0.3, 0.4) is 0 Å².